The Morgan fingerprint density at radius 1 is 1.30 bits per heavy atom. The summed E-state index contributed by atoms with van der Waals surface area (Å²) in [5.41, 5.74) is 1.30. The number of benzene rings is 1. The molecule has 1 aliphatic heterocycles. The molecule has 0 aromatic heterocycles. The number of hydrogen-bond acceptors (Lipinski definition) is 2. The average molecular weight is 338 g/mol. The zero-order valence-corrected chi connectivity index (χ0v) is 15.0. The van der Waals surface area contributed by atoms with Gasteiger partial charge in [0.2, 0.25) is 0 Å². The van der Waals surface area contributed by atoms with E-state index in [4.69, 9.17) is 11.6 Å². The van der Waals surface area contributed by atoms with Gasteiger partial charge in [-0.3, -0.25) is 4.90 Å². The van der Waals surface area contributed by atoms with E-state index in [0.717, 1.165) is 57.0 Å². The molecule has 0 saturated carbocycles. The van der Waals surface area contributed by atoms with Gasteiger partial charge in [0.25, 0.3) is 0 Å². The van der Waals surface area contributed by atoms with Crippen molar-refractivity contribution in [3.05, 3.63) is 34.9 Å². The number of nitrogens with one attached hydrogen (secondary N) is 1. The fourth-order valence-corrected chi connectivity index (χ4v) is 2.99. The van der Waals surface area contributed by atoms with Crippen molar-refractivity contribution in [3.63, 3.8) is 0 Å². The zero-order chi connectivity index (χ0) is 16.7. The van der Waals surface area contributed by atoms with Gasteiger partial charge in [-0.25, -0.2) is 4.79 Å². The van der Waals surface area contributed by atoms with Gasteiger partial charge in [-0.1, -0.05) is 30.7 Å². The normalized spacial score (nSPS) is 17.1. The number of nitrogens with zero attached hydrogens (tertiary/aromatic N) is 2. The second-order valence-electron chi connectivity index (χ2n) is 6.32. The topological polar surface area (TPSA) is 35.6 Å². The molecular formula is C18H28ClN3O. The summed E-state index contributed by atoms with van der Waals surface area (Å²) in [6, 6.07) is 8.42. The number of rotatable bonds is 6. The van der Waals surface area contributed by atoms with E-state index in [9.17, 15) is 4.79 Å². The van der Waals surface area contributed by atoms with Crippen LogP contribution in [0.3, 0.4) is 0 Å². The fourth-order valence-electron chi connectivity index (χ4n) is 2.78. The minimum absolute atomic E-state index is 0.0814. The number of hydrogen-bond donors (Lipinski definition) is 1. The van der Waals surface area contributed by atoms with E-state index in [0.29, 0.717) is 0 Å². The Bertz CT molecular complexity index is 501. The number of piperazine rings is 1. The zero-order valence-electron chi connectivity index (χ0n) is 14.2. The first-order valence-corrected chi connectivity index (χ1v) is 8.98. The van der Waals surface area contributed by atoms with Crippen LogP contribution in [0.4, 0.5) is 4.79 Å². The number of carbonyl (C=O) groups is 1. The average Bonchev–Trinajstić information content (AvgIpc) is 2.55. The summed E-state index contributed by atoms with van der Waals surface area (Å²) >= 11 is 6.01. The number of aryl methyl sites for hydroxylation is 1. The van der Waals surface area contributed by atoms with Crippen molar-refractivity contribution in [2.45, 2.75) is 39.2 Å². The van der Waals surface area contributed by atoms with E-state index < -0.39 is 0 Å². The minimum Gasteiger partial charge on any atom is -0.336 e. The Balaban J connectivity index is 1.66. The van der Waals surface area contributed by atoms with Crippen LogP contribution in [0.25, 0.3) is 0 Å². The molecule has 4 nitrogen and oxygen atoms in total. The first-order valence-electron chi connectivity index (χ1n) is 8.60. The third-order valence-corrected chi connectivity index (χ3v) is 4.71. The molecule has 1 saturated heterocycles. The number of amides is 2. The van der Waals surface area contributed by atoms with E-state index >= 15 is 0 Å². The van der Waals surface area contributed by atoms with Gasteiger partial charge in [0.15, 0.2) is 0 Å². The molecule has 1 atom stereocenters. The Morgan fingerprint density at radius 2 is 2.04 bits per heavy atom. The maximum Gasteiger partial charge on any atom is 0.317 e. The number of urea groups is 1. The van der Waals surface area contributed by atoms with Crippen LogP contribution in [-0.2, 0) is 6.42 Å². The van der Waals surface area contributed by atoms with Crippen molar-refractivity contribution in [3.8, 4) is 0 Å². The van der Waals surface area contributed by atoms with Gasteiger partial charge in [-0.15, -0.1) is 0 Å². The van der Waals surface area contributed by atoms with Crippen LogP contribution in [0.15, 0.2) is 24.3 Å². The summed E-state index contributed by atoms with van der Waals surface area (Å²) in [5, 5.41) is 3.85. The Morgan fingerprint density at radius 3 is 2.70 bits per heavy atom. The first-order chi connectivity index (χ1) is 11.1. The monoisotopic (exact) mass is 337 g/mol. The molecule has 1 heterocycles. The smallest absolute Gasteiger partial charge is 0.317 e. The van der Waals surface area contributed by atoms with E-state index in [-0.39, 0.29) is 12.1 Å². The van der Waals surface area contributed by atoms with Gasteiger partial charge in [0, 0.05) is 37.2 Å². The lowest BCUT2D eigenvalue weighted by molar-refractivity contribution is 0.136. The summed E-state index contributed by atoms with van der Waals surface area (Å²) in [6.45, 7) is 8.77. The lowest BCUT2D eigenvalue weighted by Crippen LogP contribution is -2.53. The summed E-state index contributed by atoms with van der Waals surface area (Å²) < 4.78 is 0. The van der Waals surface area contributed by atoms with Crippen LogP contribution >= 0.6 is 11.6 Å². The van der Waals surface area contributed by atoms with Crippen molar-refractivity contribution < 1.29 is 4.79 Å². The Kier molecular flexibility index (Phi) is 7.18. The fraction of sp³-hybridized carbons (Fsp3) is 0.611. The summed E-state index contributed by atoms with van der Waals surface area (Å²) in [7, 11) is 0. The highest BCUT2D eigenvalue weighted by molar-refractivity contribution is 6.30. The maximum absolute atomic E-state index is 12.1. The number of halogens is 1. The molecule has 23 heavy (non-hydrogen) atoms. The van der Waals surface area contributed by atoms with Crippen molar-refractivity contribution in [2.75, 3.05) is 32.7 Å². The quantitative estimate of drug-likeness (QED) is 0.863. The molecule has 1 aliphatic rings. The molecule has 1 aromatic rings. The highest BCUT2D eigenvalue weighted by Crippen LogP contribution is 2.13. The summed E-state index contributed by atoms with van der Waals surface area (Å²) in [4.78, 5) is 16.5. The molecule has 1 fully saturated rings. The molecule has 2 amide bonds. The van der Waals surface area contributed by atoms with Crippen LogP contribution in [-0.4, -0.2) is 54.6 Å². The molecule has 1 unspecified atom stereocenters. The first kappa shape index (κ1) is 18.1. The molecule has 0 aliphatic carbocycles. The third-order valence-electron chi connectivity index (χ3n) is 4.47. The minimum atomic E-state index is 0.0814. The van der Waals surface area contributed by atoms with Crippen molar-refractivity contribution in [2.24, 2.45) is 0 Å². The molecule has 0 radical (unpaired) electrons. The van der Waals surface area contributed by atoms with Crippen molar-refractivity contribution in [1.82, 2.24) is 15.1 Å². The highest BCUT2D eigenvalue weighted by Gasteiger charge is 2.21. The highest BCUT2D eigenvalue weighted by atomic mass is 35.5. The van der Waals surface area contributed by atoms with Gasteiger partial charge in [-0.05, 0) is 50.4 Å². The van der Waals surface area contributed by atoms with E-state index in [1.807, 2.05) is 30.0 Å². The van der Waals surface area contributed by atoms with Gasteiger partial charge in [0.1, 0.15) is 0 Å². The molecule has 1 N–H and O–H groups in total. The lowest BCUT2D eigenvalue weighted by atomic mass is 10.1. The van der Waals surface area contributed by atoms with Gasteiger partial charge in [0.05, 0.1) is 0 Å². The molecular weight excluding hydrogens is 310 g/mol. The van der Waals surface area contributed by atoms with Gasteiger partial charge in [-0.2, -0.15) is 0 Å². The van der Waals surface area contributed by atoms with Crippen LogP contribution in [0, 0.1) is 0 Å². The molecule has 0 bridgehead atoms. The van der Waals surface area contributed by atoms with E-state index in [1.165, 1.54) is 5.56 Å². The molecule has 0 spiro atoms. The largest absolute Gasteiger partial charge is 0.336 e. The van der Waals surface area contributed by atoms with Gasteiger partial charge < -0.3 is 10.2 Å². The maximum atomic E-state index is 12.1. The third kappa shape index (κ3) is 6.04. The summed E-state index contributed by atoms with van der Waals surface area (Å²) in [6.07, 6.45) is 3.14. The van der Waals surface area contributed by atoms with Crippen molar-refractivity contribution in [1.29, 1.82) is 0 Å². The number of carbonyl (C=O) groups excluding carboxylic acids is 1. The van der Waals surface area contributed by atoms with Gasteiger partial charge >= 0.3 is 6.03 Å². The Hall–Kier alpha value is -1.26. The van der Waals surface area contributed by atoms with Crippen LogP contribution in [0.1, 0.15) is 32.3 Å². The van der Waals surface area contributed by atoms with Crippen LogP contribution < -0.4 is 5.32 Å². The second kappa shape index (κ2) is 9.14. The standard InChI is InChI=1S/C18H28ClN3O/c1-3-15(2)20-18(23)22-12-10-21(11-13-22)9-5-7-16-6-4-8-17(19)14-16/h4,6,8,14-15H,3,5,7,9-13H2,1-2H3,(H,20,23). The van der Waals surface area contributed by atoms with E-state index in [2.05, 4.69) is 23.2 Å². The molecule has 2 rings (SSSR count). The predicted octanol–water partition coefficient (Wildman–Crippen LogP) is 3.40. The predicted molar refractivity (Wildman–Crippen MR) is 96.1 cm³/mol. The lowest BCUT2D eigenvalue weighted by Gasteiger charge is -2.35. The van der Waals surface area contributed by atoms with E-state index in [1.54, 1.807) is 0 Å². The SMILES string of the molecule is CCC(C)NC(=O)N1CCN(CCCc2cccc(Cl)c2)CC1. The Labute approximate surface area is 144 Å². The molecule has 128 valence electrons. The van der Waals surface area contributed by atoms with Crippen molar-refractivity contribution >= 4 is 17.6 Å². The second-order valence-corrected chi connectivity index (χ2v) is 6.76. The molecule has 1 aromatic carbocycles. The molecule has 5 heteroatoms. The van der Waals surface area contributed by atoms with Crippen LogP contribution in [0.5, 0.6) is 0 Å². The summed E-state index contributed by atoms with van der Waals surface area (Å²) in [5.74, 6) is 0. The van der Waals surface area contributed by atoms with Crippen LogP contribution in [0.2, 0.25) is 5.02 Å².